The van der Waals surface area contributed by atoms with Crippen molar-refractivity contribution in [1.82, 2.24) is 0 Å². The molecule has 0 aromatic heterocycles. The first kappa shape index (κ1) is 25.4. The highest BCUT2D eigenvalue weighted by Crippen LogP contribution is 2.38. The van der Waals surface area contributed by atoms with Gasteiger partial charge in [-0.3, -0.25) is 14.5 Å². The van der Waals surface area contributed by atoms with Crippen molar-refractivity contribution >= 4 is 57.6 Å². The summed E-state index contributed by atoms with van der Waals surface area (Å²) in [5.74, 6) is -1.07. The first-order valence-electron chi connectivity index (χ1n) is 10.3. The lowest BCUT2D eigenvalue weighted by Crippen LogP contribution is -2.27. The van der Waals surface area contributed by atoms with Gasteiger partial charge in [-0.15, -0.1) is 0 Å². The third-order valence-electron chi connectivity index (χ3n) is 4.88. The van der Waals surface area contributed by atoms with E-state index < -0.39 is 29.4 Å². The van der Waals surface area contributed by atoms with Crippen LogP contribution in [-0.2, 0) is 15.8 Å². The summed E-state index contributed by atoms with van der Waals surface area (Å²) in [5.41, 5.74) is 0.129. The standard InChI is InChI=1S/C25H16F4N2O3S2/c26-17-7-9-18(10-8-17)30-22(32)14-34-20-6-1-3-15(11-20)12-21-23(33)31(24(35)36-21)19-5-2-4-16(13-19)25(27,28)29/h1-13H,14H2,(H,30,32)/b21-12-. The molecule has 1 aliphatic heterocycles. The van der Waals surface area contributed by atoms with E-state index in [-0.39, 0.29) is 21.5 Å². The van der Waals surface area contributed by atoms with Crippen LogP contribution in [0, 0.1) is 5.82 Å². The number of nitrogens with zero attached hydrogens (tertiary/aromatic N) is 1. The molecule has 5 nitrogen and oxygen atoms in total. The van der Waals surface area contributed by atoms with Crippen molar-refractivity contribution in [3.05, 3.63) is 94.6 Å². The maximum Gasteiger partial charge on any atom is 0.416 e. The normalized spacial score (nSPS) is 14.9. The van der Waals surface area contributed by atoms with E-state index in [4.69, 9.17) is 17.0 Å². The number of nitrogens with one attached hydrogen (secondary N) is 1. The number of thiocarbonyl (C=S) groups is 1. The van der Waals surface area contributed by atoms with Crippen LogP contribution in [0.15, 0.2) is 77.7 Å². The molecule has 0 bridgehead atoms. The fraction of sp³-hybridized carbons (Fsp3) is 0.0800. The van der Waals surface area contributed by atoms with Crippen molar-refractivity contribution in [1.29, 1.82) is 0 Å². The Labute approximate surface area is 212 Å². The maximum atomic E-state index is 13.1. The Bertz CT molecular complexity index is 1360. The predicted molar refractivity (Wildman–Crippen MR) is 134 cm³/mol. The molecule has 3 aromatic carbocycles. The number of carbonyl (C=O) groups excluding carboxylic acids is 2. The van der Waals surface area contributed by atoms with Gasteiger partial charge >= 0.3 is 6.18 Å². The van der Waals surface area contributed by atoms with Crippen LogP contribution < -0.4 is 15.0 Å². The van der Waals surface area contributed by atoms with E-state index in [0.29, 0.717) is 17.0 Å². The minimum atomic E-state index is -4.55. The van der Waals surface area contributed by atoms with Crippen molar-refractivity contribution in [2.24, 2.45) is 0 Å². The number of hydrogen-bond donors (Lipinski definition) is 1. The quantitative estimate of drug-likeness (QED) is 0.231. The number of amides is 2. The molecule has 0 saturated carbocycles. The zero-order chi connectivity index (χ0) is 25.9. The zero-order valence-corrected chi connectivity index (χ0v) is 19.8. The second-order valence-corrected chi connectivity index (χ2v) is 9.16. The van der Waals surface area contributed by atoms with Crippen molar-refractivity contribution in [3.63, 3.8) is 0 Å². The van der Waals surface area contributed by atoms with Gasteiger partial charge in [-0.05, 0) is 66.2 Å². The van der Waals surface area contributed by atoms with Crippen molar-refractivity contribution < 1.29 is 31.9 Å². The minimum absolute atomic E-state index is 0.0278. The van der Waals surface area contributed by atoms with E-state index in [9.17, 15) is 27.2 Å². The van der Waals surface area contributed by atoms with Gasteiger partial charge in [0.2, 0.25) is 0 Å². The Balaban J connectivity index is 1.44. The fourth-order valence-corrected chi connectivity index (χ4v) is 4.54. The predicted octanol–water partition coefficient (Wildman–Crippen LogP) is 6.27. The molecule has 1 N–H and O–H groups in total. The average Bonchev–Trinajstić information content (AvgIpc) is 3.11. The van der Waals surface area contributed by atoms with Crippen LogP contribution in [0.5, 0.6) is 5.75 Å². The highest BCUT2D eigenvalue weighted by atomic mass is 32.2. The van der Waals surface area contributed by atoms with Crippen LogP contribution >= 0.6 is 24.0 Å². The molecular formula is C25H16F4N2O3S2. The summed E-state index contributed by atoms with van der Waals surface area (Å²) in [7, 11) is 0. The number of carbonyl (C=O) groups is 2. The Morgan fingerprint density at radius 1 is 1.06 bits per heavy atom. The first-order chi connectivity index (χ1) is 17.1. The van der Waals surface area contributed by atoms with Gasteiger partial charge in [0.1, 0.15) is 11.6 Å². The zero-order valence-electron chi connectivity index (χ0n) is 18.2. The molecule has 0 spiro atoms. The summed E-state index contributed by atoms with van der Waals surface area (Å²) < 4.78 is 57.8. The van der Waals surface area contributed by atoms with Gasteiger partial charge in [-0.1, -0.05) is 42.2 Å². The monoisotopic (exact) mass is 532 g/mol. The lowest BCUT2D eigenvalue weighted by atomic mass is 10.1. The third kappa shape index (κ3) is 6.10. The lowest BCUT2D eigenvalue weighted by Gasteiger charge is -2.16. The number of anilines is 2. The van der Waals surface area contributed by atoms with Crippen molar-refractivity contribution in [2.45, 2.75) is 6.18 Å². The number of ether oxygens (including phenoxy) is 1. The highest BCUT2D eigenvalue weighted by molar-refractivity contribution is 8.27. The molecule has 0 unspecified atom stereocenters. The lowest BCUT2D eigenvalue weighted by molar-refractivity contribution is -0.137. The number of benzene rings is 3. The van der Waals surface area contributed by atoms with E-state index in [1.54, 1.807) is 30.3 Å². The molecular weight excluding hydrogens is 516 g/mol. The molecule has 184 valence electrons. The van der Waals surface area contributed by atoms with Gasteiger partial charge in [0.25, 0.3) is 11.8 Å². The van der Waals surface area contributed by atoms with E-state index in [1.165, 1.54) is 36.4 Å². The summed E-state index contributed by atoms with van der Waals surface area (Å²) >= 11 is 6.21. The summed E-state index contributed by atoms with van der Waals surface area (Å²) in [6, 6.07) is 16.2. The molecule has 0 atom stereocenters. The highest BCUT2D eigenvalue weighted by Gasteiger charge is 2.36. The van der Waals surface area contributed by atoms with Gasteiger partial charge in [0.15, 0.2) is 10.9 Å². The van der Waals surface area contributed by atoms with E-state index >= 15 is 0 Å². The smallest absolute Gasteiger partial charge is 0.416 e. The maximum absolute atomic E-state index is 13.1. The third-order valence-corrected chi connectivity index (χ3v) is 6.18. The molecule has 1 fully saturated rings. The first-order valence-corrected chi connectivity index (χ1v) is 11.6. The van der Waals surface area contributed by atoms with Crippen LogP contribution in [0.1, 0.15) is 11.1 Å². The number of rotatable bonds is 6. The molecule has 0 aliphatic carbocycles. The number of hydrogen-bond acceptors (Lipinski definition) is 5. The Hall–Kier alpha value is -3.70. The largest absolute Gasteiger partial charge is 0.484 e. The number of alkyl halides is 3. The Morgan fingerprint density at radius 2 is 1.78 bits per heavy atom. The second-order valence-electron chi connectivity index (χ2n) is 7.48. The molecule has 3 aromatic rings. The SMILES string of the molecule is O=C(COc1cccc(/C=C2\SC(=S)N(c3cccc(C(F)(F)F)c3)C2=O)c1)Nc1ccc(F)cc1. The van der Waals surface area contributed by atoms with Crippen LogP contribution in [-0.4, -0.2) is 22.7 Å². The molecule has 4 rings (SSSR count). The molecule has 1 heterocycles. The second kappa shape index (κ2) is 10.5. The topological polar surface area (TPSA) is 58.6 Å². The minimum Gasteiger partial charge on any atom is -0.484 e. The van der Waals surface area contributed by atoms with Gasteiger partial charge in [0, 0.05) is 5.69 Å². The Morgan fingerprint density at radius 3 is 2.50 bits per heavy atom. The van der Waals surface area contributed by atoms with E-state index in [0.717, 1.165) is 28.8 Å². The Kier molecular flexibility index (Phi) is 7.41. The van der Waals surface area contributed by atoms with Crippen molar-refractivity contribution in [2.75, 3.05) is 16.8 Å². The molecule has 0 radical (unpaired) electrons. The molecule has 11 heteroatoms. The van der Waals surface area contributed by atoms with Crippen LogP contribution in [0.2, 0.25) is 0 Å². The van der Waals surface area contributed by atoms with Gasteiger partial charge in [-0.2, -0.15) is 13.2 Å². The van der Waals surface area contributed by atoms with E-state index in [1.807, 2.05) is 0 Å². The summed E-state index contributed by atoms with van der Waals surface area (Å²) in [5, 5.41) is 2.58. The summed E-state index contributed by atoms with van der Waals surface area (Å²) in [6.07, 6.45) is -3.01. The van der Waals surface area contributed by atoms with Gasteiger partial charge in [-0.25, -0.2) is 4.39 Å². The molecule has 1 aliphatic rings. The van der Waals surface area contributed by atoms with Crippen LogP contribution in [0.4, 0.5) is 28.9 Å². The number of thioether (sulfide) groups is 1. The molecule has 1 saturated heterocycles. The van der Waals surface area contributed by atoms with Crippen LogP contribution in [0.3, 0.4) is 0 Å². The average molecular weight is 533 g/mol. The molecule has 36 heavy (non-hydrogen) atoms. The van der Waals surface area contributed by atoms with Gasteiger partial charge in [0.05, 0.1) is 16.2 Å². The molecule has 2 amide bonds. The van der Waals surface area contributed by atoms with E-state index in [2.05, 4.69) is 5.32 Å². The van der Waals surface area contributed by atoms with Crippen molar-refractivity contribution in [3.8, 4) is 5.75 Å². The number of halogens is 4. The summed E-state index contributed by atoms with van der Waals surface area (Å²) in [6.45, 7) is -0.307. The summed E-state index contributed by atoms with van der Waals surface area (Å²) in [4.78, 5) is 26.3. The fourth-order valence-electron chi connectivity index (χ4n) is 3.24. The van der Waals surface area contributed by atoms with Crippen LogP contribution in [0.25, 0.3) is 6.08 Å². The van der Waals surface area contributed by atoms with Gasteiger partial charge < -0.3 is 10.1 Å².